The fraction of sp³-hybridized carbons (Fsp3) is 1.00. The average molecular weight is 99.2 g/mol. The number of hydrogen-bond acceptors (Lipinski definition) is 0. The first-order valence-electron chi connectivity index (χ1n) is 2.98. The minimum atomic E-state index is -0.204. The molecule has 0 aliphatic heterocycles. The van der Waals surface area contributed by atoms with Gasteiger partial charge in [0.1, 0.15) is 0 Å². The SMILES string of the molecule is CCC1CC([O])C1. The molecule has 1 heteroatoms. The normalized spacial score (nSPS) is 40.3. The van der Waals surface area contributed by atoms with E-state index < -0.39 is 0 Å². The highest BCUT2D eigenvalue weighted by atomic mass is 16.3. The van der Waals surface area contributed by atoms with Gasteiger partial charge in [0.05, 0.1) is 6.10 Å². The van der Waals surface area contributed by atoms with E-state index in [1.807, 2.05) is 0 Å². The fourth-order valence-electron chi connectivity index (χ4n) is 1.01. The Morgan fingerprint density at radius 1 is 1.57 bits per heavy atom. The summed E-state index contributed by atoms with van der Waals surface area (Å²) in [5.41, 5.74) is 0. The largest absolute Gasteiger partial charge is 0.233 e. The van der Waals surface area contributed by atoms with Crippen LogP contribution in [0.25, 0.3) is 0 Å². The molecule has 1 aliphatic rings. The molecule has 0 amide bonds. The van der Waals surface area contributed by atoms with E-state index in [1.54, 1.807) is 0 Å². The van der Waals surface area contributed by atoms with Gasteiger partial charge in [0.15, 0.2) is 0 Å². The Morgan fingerprint density at radius 3 is 2.29 bits per heavy atom. The van der Waals surface area contributed by atoms with E-state index in [1.165, 1.54) is 6.42 Å². The molecule has 1 saturated carbocycles. The highest BCUT2D eigenvalue weighted by Crippen LogP contribution is 2.29. The quantitative estimate of drug-likeness (QED) is 0.476. The van der Waals surface area contributed by atoms with Gasteiger partial charge in [-0.15, -0.1) is 0 Å². The molecular weight excluding hydrogens is 88.1 g/mol. The maximum atomic E-state index is 10.4. The zero-order chi connectivity index (χ0) is 5.28. The van der Waals surface area contributed by atoms with E-state index in [4.69, 9.17) is 0 Å². The molecule has 0 atom stereocenters. The van der Waals surface area contributed by atoms with Gasteiger partial charge in [-0.05, 0) is 18.8 Å². The Bertz CT molecular complexity index is 55.2. The average Bonchev–Trinajstić information content (AvgIpc) is 1.58. The molecule has 1 nitrogen and oxygen atoms in total. The third kappa shape index (κ3) is 0.942. The van der Waals surface area contributed by atoms with Gasteiger partial charge in [-0.25, -0.2) is 5.11 Å². The molecule has 0 unspecified atom stereocenters. The van der Waals surface area contributed by atoms with Crippen molar-refractivity contribution in [3.05, 3.63) is 0 Å². The molecule has 1 rings (SSSR count). The molecule has 0 saturated heterocycles. The molecule has 0 aromatic rings. The van der Waals surface area contributed by atoms with Crippen LogP contribution in [-0.2, 0) is 5.11 Å². The van der Waals surface area contributed by atoms with Gasteiger partial charge in [-0.3, -0.25) is 0 Å². The van der Waals surface area contributed by atoms with Crippen molar-refractivity contribution in [1.29, 1.82) is 0 Å². The van der Waals surface area contributed by atoms with Gasteiger partial charge >= 0.3 is 0 Å². The van der Waals surface area contributed by atoms with Crippen LogP contribution in [0.3, 0.4) is 0 Å². The molecule has 0 aromatic carbocycles. The highest BCUT2D eigenvalue weighted by Gasteiger charge is 2.26. The van der Waals surface area contributed by atoms with Crippen LogP contribution in [0, 0.1) is 5.92 Å². The zero-order valence-corrected chi connectivity index (χ0v) is 4.68. The third-order valence-corrected chi connectivity index (χ3v) is 1.77. The second-order valence-corrected chi connectivity index (χ2v) is 2.37. The van der Waals surface area contributed by atoms with E-state index in [0.29, 0.717) is 0 Å². The van der Waals surface area contributed by atoms with Gasteiger partial charge in [0, 0.05) is 0 Å². The first-order valence-corrected chi connectivity index (χ1v) is 2.98. The summed E-state index contributed by atoms with van der Waals surface area (Å²) in [6.07, 6.45) is 2.89. The van der Waals surface area contributed by atoms with Crippen molar-refractivity contribution in [3.8, 4) is 0 Å². The summed E-state index contributed by atoms with van der Waals surface area (Å²) in [6.45, 7) is 2.15. The fourth-order valence-corrected chi connectivity index (χ4v) is 1.01. The summed E-state index contributed by atoms with van der Waals surface area (Å²) in [4.78, 5) is 0. The van der Waals surface area contributed by atoms with Crippen LogP contribution >= 0.6 is 0 Å². The lowest BCUT2D eigenvalue weighted by atomic mass is 9.81. The lowest BCUT2D eigenvalue weighted by Gasteiger charge is -2.28. The molecule has 0 N–H and O–H groups in total. The van der Waals surface area contributed by atoms with Gasteiger partial charge in [0.25, 0.3) is 0 Å². The maximum absolute atomic E-state index is 10.4. The Hall–Kier alpha value is -0.0400. The summed E-state index contributed by atoms with van der Waals surface area (Å²) in [7, 11) is 0. The molecule has 1 fully saturated rings. The van der Waals surface area contributed by atoms with Gasteiger partial charge in [-0.1, -0.05) is 13.3 Å². The molecule has 0 spiro atoms. The smallest absolute Gasteiger partial charge is 0.0935 e. The Kier molecular flexibility index (Phi) is 1.33. The molecule has 1 aliphatic carbocycles. The van der Waals surface area contributed by atoms with Crippen molar-refractivity contribution in [2.45, 2.75) is 32.3 Å². The van der Waals surface area contributed by atoms with Crippen LogP contribution in [0.2, 0.25) is 0 Å². The van der Waals surface area contributed by atoms with Crippen molar-refractivity contribution in [3.63, 3.8) is 0 Å². The zero-order valence-electron chi connectivity index (χ0n) is 4.68. The van der Waals surface area contributed by atoms with Crippen LogP contribution in [-0.4, -0.2) is 6.10 Å². The lowest BCUT2D eigenvalue weighted by molar-refractivity contribution is -0.0156. The van der Waals surface area contributed by atoms with Crippen molar-refractivity contribution in [2.24, 2.45) is 5.92 Å². The van der Waals surface area contributed by atoms with Crippen molar-refractivity contribution in [1.82, 2.24) is 0 Å². The van der Waals surface area contributed by atoms with Gasteiger partial charge in [-0.2, -0.15) is 0 Å². The highest BCUT2D eigenvalue weighted by molar-refractivity contribution is 4.76. The minimum Gasteiger partial charge on any atom is -0.233 e. The number of rotatable bonds is 1. The van der Waals surface area contributed by atoms with Crippen LogP contribution in [0.1, 0.15) is 26.2 Å². The predicted molar refractivity (Wildman–Crippen MR) is 27.5 cm³/mol. The summed E-state index contributed by atoms with van der Waals surface area (Å²) in [6, 6.07) is 0. The molecule has 0 bridgehead atoms. The van der Waals surface area contributed by atoms with Crippen molar-refractivity contribution in [2.75, 3.05) is 0 Å². The first kappa shape index (κ1) is 5.10. The Morgan fingerprint density at radius 2 is 2.14 bits per heavy atom. The second kappa shape index (κ2) is 1.83. The summed E-state index contributed by atoms with van der Waals surface area (Å²) in [5, 5.41) is 10.4. The summed E-state index contributed by atoms with van der Waals surface area (Å²) < 4.78 is 0. The van der Waals surface area contributed by atoms with E-state index in [0.717, 1.165) is 18.8 Å². The molecular formula is C6H11O. The standard InChI is InChI=1S/C6H11O/c1-2-5-3-6(7)4-5/h5-6H,2-4H2,1H3. The predicted octanol–water partition coefficient (Wildman–Crippen LogP) is 1.61. The van der Waals surface area contributed by atoms with E-state index in [2.05, 4.69) is 6.92 Å². The van der Waals surface area contributed by atoms with Gasteiger partial charge in [0.2, 0.25) is 0 Å². The van der Waals surface area contributed by atoms with Crippen LogP contribution in [0.15, 0.2) is 0 Å². The minimum absolute atomic E-state index is 0.204. The van der Waals surface area contributed by atoms with Crippen LogP contribution in [0.5, 0.6) is 0 Å². The van der Waals surface area contributed by atoms with Crippen molar-refractivity contribution < 1.29 is 5.11 Å². The molecule has 41 valence electrons. The van der Waals surface area contributed by atoms with E-state index >= 15 is 0 Å². The van der Waals surface area contributed by atoms with E-state index in [-0.39, 0.29) is 6.10 Å². The lowest BCUT2D eigenvalue weighted by Crippen LogP contribution is -2.26. The first-order chi connectivity index (χ1) is 3.33. The van der Waals surface area contributed by atoms with Crippen LogP contribution in [0.4, 0.5) is 0 Å². The topological polar surface area (TPSA) is 19.9 Å². The molecule has 1 radical (unpaired) electrons. The summed E-state index contributed by atoms with van der Waals surface area (Å²) >= 11 is 0. The second-order valence-electron chi connectivity index (χ2n) is 2.37. The van der Waals surface area contributed by atoms with Gasteiger partial charge < -0.3 is 0 Å². The third-order valence-electron chi connectivity index (χ3n) is 1.77. The van der Waals surface area contributed by atoms with Crippen LogP contribution < -0.4 is 0 Å². The van der Waals surface area contributed by atoms with E-state index in [9.17, 15) is 5.11 Å². The molecule has 7 heavy (non-hydrogen) atoms. The summed E-state index contributed by atoms with van der Waals surface area (Å²) in [5.74, 6) is 0.780. The molecule has 0 aromatic heterocycles. The molecule has 0 heterocycles. The Balaban J connectivity index is 2.06. The number of hydrogen-bond donors (Lipinski definition) is 0. The maximum Gasteiger partial charge on any atom is 0.0935 e. The monoisotopic (exact) mass is 99.1 g/mol. The van der Waals surface area contributed by atoms with Crippen molar-refractivity contribution >= 4 is 0 Å². The Labute approximate surface area is 44.4 Å².